The summed E-state index contributed by atoms with van der Waals surface area (Å²) in [6.07, 6.45) is 0. The van der Waals surface area contributed by atoms with Gasteiger partial charge in [0.05, 0.1) is 0 Å². The van der Waals surface area contributed by atoms with Gasteiger partial charge in [0.1, 0.15) is 0 Å². The van der Waals surface area contributed by atoms with Crippen molar-refractivity contribution in [1.29, 1.82) is 0 Å². The van der Waals surface area contributed by atoms with E-state index in [1.54, 1.807) is 36.4 Å². The first-order valence-corrected chi connectivity index (χ1v) is 6.57. The van der Waals surface area contributed by atoms with Crippen LogP contribution in [0, 0.1) is 18.8 Å². The van der Waals surface area contributed by atoms with Crippen LogP contribution < -0.4 is 21.2 Å². The van der Waals surface area contributed by atoms with E-state index in [0.29, 0.717) is 7.14 Å². The lowest BCUT2D eigenvalue weighted by atomic mass is 10.4. The minimum atomic E-state index is -0.765. The summed E-state index contributed by atoms with van der Waals surface area (Å²) in [7, 11) is 0. The van der Waals surface area contributed by atoms with Gasteiger partial charge >= 0.3 is 21.2 Å². The van der Waals surface area contributed by atoms with Gasteiger partial charge in [-0.15, -0.1) is 0 Å². The predicted molar refractivity (Wildman–Crippen MR) is 50.2 cm³/mol. The van der Waals surface area contributed by atoms with Crippen LogP contribution in [0.1, 0.15) is 0 Å². The van der Waals surface area contributed by atoms with Gasteiger partial charge in [0.25, 0.3) is 0 Å². The van der Waals surface area contributed by atoms with Gasteiger partial charge in [0.2, 0.25) is 7.14 Å². The average molecular weight is 317 g/mol. The minimum absolute atomic E-state index is 0.242. The van der Waals surface area contributed by atoms with E-state index in [0.717, 1.165) is 0 Å². The van der Waals surface area contributed by atoms with Crippen molar-refractivity contribution in [2.45, 2.75) is 0 Å². The Morgan fingerprint density at radius 2 is 1.07 bits per heavy atom. The molecule has 0 aliphatic heterocycles. The van der Waals surface area contributed by atoms with Crippen LogP contribution in [0.3, 0.4) is 0 Å². The number of hydrogen-bond donors (Lipinski definition) is 0. The molecule has 0 fully saturated rings. The summed E-state index contributed by atoms with van der Waals surface area (Å²) in [6.45, 7) is 0. The number of benzene rings is 2. The van der Waals surface area contributed by atoms with Crippen molar-refractivity contribution in [3.63, 3.8) is 0 Å². The summed E-state index contributed by atoms with van der Waals surface area (Å²) in [5.41, 5.74) is 0. The van der Waals surface area contributed by atoms with Gasteiger partial charge in [0, 0.05) is 0 Å². The molecule has 15 heavy (non-hydrogen) atoms. The van der Waals surface area contributed by atoms with Crippen LogP contribution in [0.4, 0.5) is 8.78 Å². The van der Waals surface area contributed by atoms with Crippen molar-refractivity contribution in [2.24, 2.45) is 0 Å². The normalized spacial score (nSPS) is 10.3. The highest BCUT2D eigenvalue weighted by atomic mass is 127. The van der Waals surface area contributed by atoms with Crippen molar-refractivity contribution < 1.29 is 30.0 Å². The van der Waals surface area contributed by atoms with E-state index in [1.807, 2.05) is 0 Å². The lowest BCUT2D eigenvalue weighted by Crippen LogP contribution is -3.62. The Morgan fingerprint density at radius 1 is 0.667 bits per heavy atom. The zero-order valence-corrected chi connectivity index (χ0v) is 9.91. The fraction of sp³-hybridized carbons (Fsp3) is 0. The summed E-state index contributed by atoms with van der Waals surface area (Å²) in [5.74, 6) is -0.484. The van der Waals surface area contributed by atoms with Crippen LogP contribution >= 0.6 is 0 Å². The van der Waals surface area contributed by atoms with Gasteiger partial charge in [-0.05, 0) is 24.3 Å². The molecular weight excluding hydrogens is 309 g/mol. The SMILES string of the molecule is Fc1ccccc1[I+]c1ccccc1F. The van der Waals surface area contributed by atoms with Crippen LogP contribution in [0.25, 0.3) is 0 Å². The van der Waals surface area contributed by atoms with E-state index in [1.165, 1.54) is 12.1 Å². The third-order valence-corrected chi connectivity index (χ3v) is 4.76. The van der Waals surface area contributed by atoms with Gasteiger partial charge in [-0.25, -0.2) is 8.78 Å². The summed E-state index contributed by atoms with van der Waals surface area (Å²) in [6, 6.07) is 13.1. The van der Waals surface area contributed by atoms with E-state index in [9.17, 15) is 8.78 Å². The second-order valence-corrected chi connectivity index (χ2v) is 5.79. The van der Waals surface area contributed by atoms with Gasteiger partial charge in [0.15, 0.2) is 11.6 Å². The molecule has 0 spiro atoms. The summed E-state index contributed by atoms with van der Waals surface area (Å²) in [4.78, 5) is 0. The van der Waals surface area contributed by atoms with E-state index in [4.69, 9.17) is 0 Å². The molecule has 0 N–H and O–H groups in total. The third-order valence-electron chi connectivity index (χ3n) is 1.85. The van der Waals surface area contributed by atoms with Crippen molar-refractivity contribution in [2.75, 3.05) is 0 Å². The molecule has 0 unspecified atom stereocenters. The molecule has 0 bridgehead atoms. The Bertz CT molecular complexity index is 425. The lowest BCUT2D eigenvalue weighted by Gasteiger charge is -1.90. The van der Waals surface area contributed by atoms with Gasteiger partial charge < -0.3 is 0 Å². The van der Waals surface area contributed by atoms with Crippen LogP contribution in [0.2, 0.25) is 0 Å². The van der Waals surface area contributed by atoms with Crippen LogP contribution in [0.5, 0.6) is 0 Å². The van der Waals surface area contributed by atoms with Crippen molar-refractivity contribution in [3.8, 4) is 0 Å². The third kappa shape index (κ3) is 2.53. The molecule has 0 aliphatic carbocycles. The van der Waals surface area contributed by atoms with Crippen LogP contribution in [0.15, 0.2) is 48.5 Å². The van der Waals surface area contributed by atoms with Crippen molar-refractivity contribution >= 4 is 0 Å². The molecule has 2 rings (SSSR count). The molecule has 0 heterocycles. The zero-order valence-electron chi connectivity index (χ0n) is 7.75. The molecule has 0 saturated heterocycles. The molecule has 0 aliphatic rings. The number of rotatable bonds is 2. The lowest BCUT2D eigenvalue weighted by molar-refractivity contribution is -0.603. The Balaban J connectivity index is 2.30. The maximum Gasteiger partial charge on any atom is 0.364 e. The standard InChI is InChI=1S/C12H8F2I/c13-9-5-1-3-7-11(9)15-12-8-4-2-6-10(12)14/h1-8H/q+1. The quantitative estimate of drug-likeness (QED) is 0.689. The molecule has 3 heteroatoms. The van der Waals surface area contributed by atoms with Crippen LogP contribution in [-0.4, -0.2) is 0 Å². The van der Waals surface area contributed by atoms with E-state index in [-0.39, 0.29) is 11.6 Å². The largest absolute Gasteiger partial charge is 0.364 e. The minimum Gasteiger partial charge on any atom is -0.202 e. The van der Waals surface area contributed by atoms with Crippen molar-refractivity contribution in [3.05, 3.63) is 67.3 Å². The molecule has 0 amide bonds. The van der Waals surface area contributed by atoms with Crippen molar-refractivity contribution in [1.82, 2.24) is 0 Å². The van der Waals surface area contributed by atoms with E-state index >= 15 is 0 Å². The topological polar surface area (TPSA) is 0 Å². The maximum absolute atomic E-state index is 13.3. The Kier molecular flexibility index (Phi) is 3.30. The smallest absolute Gasteiger partial charge is 0.202 e. The highest BCUT2D eigenvalue weighted by molar-refractivity contribution is 5.05. The molecule has 2 aromatic rings. The molecular formula is C12H8F2I+. The van der Waals surface area contributed by atoms with E-state index in [2.05, 4.69) is 0 Å². The average Bonchev–Trinajstić information content (AvgIpc) is 2.24. The fourth-order valence-corrected chi connectivity index (χ4v) is 3.42. The maximum atomic E-state index is 13.3. The molecule has 0 nitrogen and oxygen atoms in total. The van der Waals surface area contributed by atoms with Gasteiger partial charge in [-0.1, -0.05) is 24.3 Å². The Morgan fingerprint density at radius 3 is 1.47 bits per heavy atom. The number of hydrogen-bond acceptors (Lipinski definition) is 0. The molecule has 2 aromatic carbocycles. The Labute approximate surface area is 97.2 Å². The Hall–Kier alpha value is -0.970. The molecule has 0 aromatic heterocycles. The van der Waals surface area contributed by atoms with E-state index < -0.39 is 21.2 Å². The second kappa shape index (κ2) is 4.70. The first-order valence-electron chi connectivity index (χ1n) is 4.41. The first-order chi connectivity index (χ1) is 7.27. The molecule has 76 valence electrons. The fourth-order valence-electron chi connectivity index (χ4n) is 1.14. The summed E-state index contributed by atoms with van der Waals surface area (Å²) < 4.78 is 27.9. The zero-order chi connectivity index (χ0) is 10.7. The van der Waals surface area contributed by atoms with Gasteiger partial charge in [-0.3, -0.25) is 0 Å². The summed E-state index contributed by atoms with van der Waals surface area (Å²) >= 11 is -0.765. The van der Waals surface area contributed by atoms with Gasteiger partial charge in [-0.2, -0.15) is 0 Å². The molecule has 0 atom stereocenters. The molecule has 0 saturated carbocycles. The monoisotopic (exact) mass is 317 g/mol. The molecule has 0 radical (unpaired) electrons. The second-order valence-electron chi connectivity index (χ2n) is 2.92. The predicted octanol–water partition coefficient (Wildman–Crippen LogP) is 0.0932. The van der Waals surface area contributed by atoms with Crippen LogP contribution in [-0.2, 0) is 0 Å². The summed E-state index contributed by atoms with van der Waals surface area (Å²) in [5, 5.41) is 0. The highest BCUT2D eigenvalue weighted by Crippen LogP contribution is 1.96. The first kappa shape index (κ1) is 10.5. The highest BCUT2D eigenvalue weighted by Gasteiger charge is 2.22. The number of halogens is 3.